The molecule has 15 heavy (non-hydrogen) atoms. The highest BCUT2D eigenvalue weighted by Crippen LogP contribution is 2.15. The van der Waals surface area contributed by atoms with Gasteiger partial charge in [0.1, 0.15) is 6.10 Å². The highest BCUT2D eigenvalue weighted by molar-refractivity contribution is 5.73. The summed E-state index contributed by atoms with van der Waals surface area (Å²) in [5.74, 6) is 0. The molecule has 0 saturated carbocycles. The van der Waals surface area contributed by atoms with Crippen LogP contribution in [0.15, 0.2) is 17.1 Å². The van der Waals surface area contributed by atoms with Gasteiger partial charge in [-0.15, -0.1) is 0 Å². The minimum atomic E-state index is -0.771. The molecule has 0 fully saturated rings. The van der Waals surface area contributed by atoms with Gasteiger partial charge in [-0.1, -0.05) is 6.08 Å². The molecule has 0 aromatic heterocycles. The van der Waals surface area contributed by atoms with Crippen molar-refractivity contribution in [2.24, 2.45) is 4.99 Å². The summed E-state index contributed by atoms with van der Waals surface area (Å²) in [7, 11) is 0. The van der Waals surface area contributed by atoms with Crippen LogP contribution in [0, 0.1) is 0 Å². The fourth-order valence-corrected chi connectivity index (χ4v) is 1.43. The van der Waals surface area contributed by atoms with Crippen LogP contribution in [0.5, 0.6) is 0 Å². The van der Waals surface area contributed by atoms with Crippen molar-refractivity contribution in [3.05, 3.63) is 12.2 Å². The first-order valence-corrected chi connectivity index (χ1v) is 4.83. The van der Waals surface area contributed by atoms with E-state index in [-0.39, 0.29) is 0 Å². The van der Waals surface area contributed by atoms with Crippen LogP contribution in [0.25, 0.3) is 0 Å². The van der Waals surface area contributed by atoms with Crippen molar-refractivity contribution in [2.75, 3.05) is 0 Å². The normalized spacial score (nSPS) is 31.5. The van der Waals surface area contributed by atoms with Gasteiger partial charge in [-0.25, -0.2) is 4.79 Å². The van der Waals surface area contributed by atoms with Gasteiger partial charge in [0.2, 0.25) is 0 Å². The molecule has 0 saturated heterocycles. The molecule has 84 valence electrons. The fraction of sp³-hybridized carbons (Fsp3) is 0.600. The number of carbonyl (C=O) groups is 1. The lowest BCUT2D eigenvalue weighted by molar-refractivity contribution is 0.0638. The molecule has 0 radical (unpaired) electrons. The Kier molecular flexibility index (Phi) is 4.45. The molecule has 0 aliphatic heterocycles. The monoisotopic (exact) mass is 213 g/mol. The second-order valence-corrected chi connectivity index (χ2v) is 3.50. The van der Waals surface area contributed by atoms with Gasteiger partial charge >= 0.3 is 6.09 Å². The number of amides is 1. The lowest BCUT2D eigenvalue weighted by Crippen LogP contribution is -2.24. The Labute approximate surface area is 88.1 Å². The van der Waals surface area contributed by atoms with Crippen LogP contribution in [0.3, 0.4) is 0 Å². The van der Waals surface area contributed by atoms with Gasteiger partial charge in [0.15, 0.2) is 0 Å². The van der Waals surface area contributed by atoms with E-state index in [1.165, 1.54) is 0 Å². The molecule has 1 amide bonds. The van der Waals surface area contributed by atoms with Gasteiger partial charge in [-0.2, -0.15) is 4.99 Å². The minimum absolute atomic E-state index is 0.324. The number of hydrogen-bond acceptors (Lipinski definition) is 4. The van der Waals surface area contributed by atoms with Crippen LogP contribution >= 0.6 is 0 Å². The Balaban J connectivity index is 2.59. The summed E-state index contributed by atoms with van der Waals surface area (Å²) in [6, 6.07) is 0. The first kappa shape index (κ1) is 11.9. The maximum absolute atomic E-state index is 10.8. The molecule has 2 N–H and O–H groups in total. The number of aliphatic hydroxyl groups excluding tert-OH is 2. The molecule has 1 rings (SSSR count). The topological polar surface area (TPSA) is 79.1 Å². The maximum Gasteiger partial charge on any atom is 0.433 e. The third-order valence-electron chi connectivity index (χ3n) is 2.23. The van der Waals surface area contributed by atoms with Crippen molar-refractivity contribution in [2.45, 2.75) is 37.6 Å². The number of hydrogen-bond donors (Lipinski definition) is 2. The smallest absolute Gasteiger partial charge is 0.433 e. The molecule has 0 aromatic rings. The number of nitrogens with zero attached hydrogens (tertiary/aromatic N) is 1. The zero-order chi connectivity index (χ0) is 11.3. The van der Waals surface area contributed by atoms with Crippen LogP contribution in [0.4, 0.5) is 4.79 Å². The molecule has 1 aliphatic carbocycles. The van der Waals surface area contributed by atoms with Crippen LogP contribution in [0.1, 0.15) is 19.3 Å². The van der Waals surface area contributed by atoms with E-state index in [1.54, 1.807) is 12.2 Å². The molecule has 3 atom stereocenters. The average molecular weight is 213 g/mol. The predicted octanol–water partition coefficient (Wildman–Crippen LogP) is 0.654. The summed E-state index contributed by atoms with van der Waals surface area (Å²) in [4.78, 5) is 13.9. The molecular weight excluding hydrogens is 198 g/mol. The summed E-state index contributed by atoms with van der Waals surface area (Å²) in [5.41, 5.74) is 0. The molecule has 0 aromatic carbocycles. The van der Waals surface area contributed by atoms with Crippen molar-refractivity contribution >= 4 is 12.8 Å². The molecule has 0 spiro atoms. The SMILES string of the molecule is C=NC(=O)OC1C=CC(O)CCC(O)C1. The summed E-state index contributed by atoms with van der Waals surface area (Å²) >= 11 is 0. The highest BCUT2D eigenvalue weighted by Gasteiger charge is 2.19. The number of carbonyl (C=O) groups excluding carboxylic acids is 1. The zero-order valence-corrected chi connectivity index (χ0v) is 8.37. The van der Waals surface area contributed by atoms with Crippen LogP contribution in [0.2, 0.25) is 0 Å². The van der Waals surface area contributed by atoms with Crippen molar-refractivity contribution < 1.29 is 19.7 Å². The fourth-order valence-electron chi connectivity index (χ4n) is 1.43. The van der Waals surface area contributed by atoms with Crippen LogP contribution < -0.4 is 0 Å². The third kappa shape index (κ3) is 4.22. The zero-order valence-electron chi connectivity index (χ0n) is 8.37. The first-order chi connectivity index (χ1) is 7.11. The largest absolute Gasteiger partial charge is 0.440 e. The molecule has 0 bridgehead atoms. The number of ether oxygens (including phenoxy) is 1. The van der Waals surface area contributed by atoms with Gasteiger partial charge in [-0.3, -0.25) is 0 Å². The van der Waals surface area contributed by atoms with E-state index >= 15 is 0 Å². The molecule has 5 heteroatoms. The Hall–Kier alpha value is -1.20. The molecule has 5 nitrogen and oxygen atoms in total. The summed E-state index contributed by atoms with van der Waals surface area (Å²) in [5, 5.41) is 18.9. The van der Waals surface area contributed by atoms with Gasteiger partial charge in [0.05, 0.1) is 12.2 Å². The number of aliphatic imine (C=N–C) groups is 1. The lowest BCUT2D eigenvalue weighted by atomic mass is 10.00. The minimum Gasteiger partial charge on any atom is -0.440 e. The molecular formula is C10H15NO4. The standard InChI is InChI=1S/C10H15NO4/c1-11-10(14)15-9-5-4-7(12)2-3-8(13)6-9/h4-5,7-9,12-13H,1-3,6H2. The first-order valence-electron chi connectivity index (χ1n) is 4.83. The number of rotatable bonds is 1. The van der Waals surface area contributed by atoms with Gasteiger partial charge in [0, 0.05) is 6.42 Å². The van der Waals surface area contributed by atoms with Crippen molar-refractivity contribution in [1.29, 1.82) is 0 Å². The Morgan fingerprint density at radius 1 is 1.40 bits per heavy atom. The molecule has 0 heterocycles. The molecule has 3 unspecified atom stereocenters. The van der Waals surface area contributed by atoms with Crippen molar-refractivity contribution in [1.82, 2.24) is 0 Å². The number of aliphatic hydroxyl groups is 2. The summed E-state index contributed by atoms with van der Waals surface area (Å²) in [6.07, 6.45) is 1.96. The Morgan fingerprint density at radius 3 is 2.80 bits per heavy atom. The van der Waals surface area contributed by atoms with Gasteiger partial charge in [-0.05, 0) is 25.6 Å². The van der Waals surface area contributed by atoms with E-state index in [4.69, 9.17) is 4.74 Å². The van der Waals surface area contributed by atoms with Gasteiger partial charge < -0.3 is 14.9 Å². The lowest BCUT2D eigenvalue weighted by Gasteiger charge is -2.20. The van der Waals surface area contributed by atoms with Crippen molar-refractivity contribution in [3.63, 3.8) is 0 Å². The Bertz CT molecular complexity index is 264. The Morgan fingerprint density at radius 2 is 2.13 bits per heavy atom. The summed E-state index contributed by atoms with van der Waals surface area (Å²) < 4.78 is 4.87. The second kappa shape index (κ2) is 5.63. The predicted molar refractivity (Wildman–Crippen MR) is 54.8 cm³/mol. The quantitative estimate of drug-likeness (QED) is 0.495. The average Bonchev–Trinajstić information content (AvgIpc) is 2.20. The van der Waals surface area contributed by atoms with Crippen molar-refractivity contribution in [3.8, 4) is 0 Å². The molecule has 1 aliphatic rings. The third-order valence-corrected chi connectivity index (χ3v) is 2.23. The summed E-state index contributed by atoms with van der Waals surface area (Å²) in [6.45, 7) is 3.04. The second-order valence-electron chi connectivity index (χ2n) is 3.50. The maximum atomic E-state index is 10.8. The van der Waals surface area contributed by atoms with E-state index in [2.05, 4.69) is 11.7 Å². The van der Waals surface area contributed by atoms with E-state index < -0.39 is 24.4 Å². The van der Waals surface area contributed by atoms with E-state index in [9.17, 15) is 15.0 Å². The van der Waals surface area contributed by atoms with E-state index in [1.807, 2.05) is 0 Å². The van der Waals surface area contributed by atoms with Gasteiger partial charge in [0.25, 0.3) is 0 Å². The van der Waals surface area contributed by atoms with Crippen LogP contribution in [-0.4, -0.2) is 41.3 Å². The highest BCUT2D eigenvalue weighted by atomic mass is 16.6. The van der Waals surface area contributed by atoms with E-state index in [0.717, 1.165) is 0 Å². The van der Waals surface area contributed by atoms with E-state index in [0.29, 0.717) is 19.3 Å². The van der Waals surface area contributed by atoms with Crippen LogP contribution in [-0.2, 0) is 4.74 Å².